The molecule has 5 nitrogen and oxygen atoms in total. The lowest BCUT2D eigenvalue weighted by atomic mass is 10.1. The number of nitrogens with zero attached hydrogens (tertiary/aromatic N) is 1. The second-order valence-corrected chi connectivity index (χ2v) is 6.12. The highest BCUT2D eigenvalue weighted by Gasteiger charge is 2.15. The van der Waals surface area contributed by atoms with Gasteiger partial charge in [-0.1, -0.05) is 17.7 Å². The molecule has 0 fully saturated rings. The number of aryl methyl sites for hydroxylation is 2. The van der Waals surface area contributed by atoms with Crippen LogP contribution in [0.1, 0.15) is 21.6 Å². The van der Waals surface area contributed by atoms with E-state index in [0.717, 1.165) is 16.8 Å². The molecule has 3 rings (SSSR count). The minimum Gasteiger partial charge on any atom is -0.497 e. The summed E-state index contributed by atoms with van der Waals surface area (Å²) >= 11 is 0. The van der Waals surface area contributed by atoms with Crippen LogP contribution in [0.5, 0.6) is 5.75 Å². The molecule has 0 aliphatic rings. The first-order valence-corrected chi connectivity index (χ1v) is 7.97. The largest absolute Gasteiger partial charge is 0.497 e. The number of aromatic nitrogens is 1. The Morgan fingerprint density at radius 1 is 1.08 bits per heavy atom. The van der Waals surface area contributed by atoms with Crippen molar-refractivity contribution in [2.45, 2.75) is 13.8 Å². The molecule has 1 amide bonds. The monoisotopic (exact) mass is 336 g/mol. The molecule has 2 aromatic carbocycles. The van der Waals surface area contributed by atoms with E-state index in [1.807, 2.05) is 32.0 Å². The molecule has 0 radical (unpaired) electrons. The normalized spacial score (nSPS) is 10.7. The first-order chi connectivity index (χ1) is 11.9. The molecule has 1 N–H and O–H groups in total. The number of fused-ring (bicyclic) bond motifs is 1. The van der Waals surface area contributed by atoms with Gasteiger partial charge in [0.05, 0.1) is 7.11 Å². The summed E-state index contributed by atoms with van der Waals surface area (Å²) in [5, 5.41) is 4.11. The number of benzene rings is 2. The number of hydrogen-bond donors (Lipinski definition) is 1. The molecule has 1 aromatic heterocycles. The van der Waals surface area contributed by atoms with Gasteiger partial charge in [-0.3, -0.25) is 9.59 Å². The predicted molar refractivity (Wildman–Crippen MR) is 99.6 cm³/mol. The van der Waals surface area contributed by atoms with Crippen molar-refractivity contribution in [1.29, 1.82) is 0 Å². The predicted octanol–water partition coefficient (Wildman–Crippen LogP) is 3.42. The molecular weight excluding hydrogens is 316 g/mol. The van der Waals surface area contributed by atoms with Crippen LogP contribution in [0.3, 0.4) is 0 Å². The Kier molecular flexibility index (Phi) is 4.31. The van der Waals surface area contributed by atoms with E-state index in [1.54, 1.807) is 38.4 Å². The second kappa shape index (κ2) is 6.43. The van der Waals surface area contributed by atoms with Crippen LogP contribution in [0.15, 0.2) is 47.3 Å². The molecule has 1 heterocycles. The number of carbonyl (C=O) groups is 1. The summed E-state index contributed by atoms with van der Waals surface area (Å²) in [7, 11) is 3.17. The molecular formula is C20H20N2O3. The van der Waals surface area contributed by atoms with Crippen molar-refractivity contribution < 1.29 is 9.53 Å². The van der Waals surface area contributed by atoms with Crippen LogP contribution in [0, 0.1) is 13.8 Å². The average molecular weight is 336 g/mol. The fraction of sp³-hybridized carbons (Fsp3) is 0.200. The number of rotatable bonds is 3. The molecule has 5 heteroatoms. The van der Waals surface area contributed by atoms with Crippen LogP contribution < -0.4 is 15.6 Å². The van der Waals surface area contributed by atoms with E-state index >= 15 is 0 Å². The van der Waals surface area contributed by atoms with Crippen LogP contribution in [-0.4, -0.2) is 17.6 Å². The molecule has 0 saturated heterocycles. The number of ether oxygens (including phenoxy) is 1. The van der Waals surface area contributed by atoms with E-state index < -0.39 is 0 Å². The Morgan fingerprint density at radius 2 is 1.84 bits per heavy atom. The van der Waals surface area contributed by atoms with Crippen molar-refractivity contribution >= 4 is 22.4 Å². The highest BCUT2D eigenvalue weighted by atomic mass is 16.5. The Bertz CT molecular complexity index is 1040. The number of nitrogens with one attached hydrogen (secondary N) is 1. The lowest BCUT2D eigenvalue weighted by molar-refractivity contribution is 0.101. The minimum atomic E-state index is -0.323. The summed E-state index contributed by atoms with van der Waals surface area (Å²) in [6, 6.07) is 12.7. The molecule has 25 heavy (non-hydrogen) atoms. The highest BCUT2D eigenvalue weighted by molar-refractivity contribution is 6.05. The van der Waals surface area contributed by atoms with Crippen molar-refractivity contribution in [3.63, 3.8) is 0 Å². The number of pyridine rings is 1. The topological polar surface area (TPSA) is 60.3 Å². The van der Waals surface area contributed by atoms with E-state index in [4.69, 9.17) is 4.74 Å². The van der Waals surface area contributed by atoms with Gasteiger partial charge in [-0.05, 0) is 55.1 Å². The zero-order valence-corrected chi connectivity index (χ0v) is 14.7. The molecule has 0 unspecified atom stereocenters. The fourth-order valence-corrected chi connectivity index (χ4v) is 2.87. The number of hydrogen-bond acceptors (Lipinski definition) is 3. The van der Waals surface area contributed by atoms with Crippen molar-refractivity contribution in [3.05, 3.63) is 69.6 Å². The van der Waals surface area contributed by atoms with Crippen LogP contribution in [-0.2, 0) is 7.05 Å². The van der Waals surface area contributed by atoms with E-state index in [2.05, 4.69) is 5.32 Å². The molecule has 0 spiro atoms. The number of amides is 1. The third-order valence-corrected chi connectivity index (χ3v) is 4.31. The summed E-state index contributed by atoms with van der Waals surface area (Å²) in [5.74, 6) is 0.317. The molecule has 3 aromatic rings. The van der Waals surface area contributed by atoms with Gasteiger partial charge in [-0.2, -0.15) is 0 Å². The second-order valence-electron chi connectivity index (χ2n) is 6.12. The Labute approximate surface area is 145 Å². The minimum absolute atomic E-state index is 0.217. The van der Waals surface area contributed by atoms with Crippen LogP contribution >= 0.6 is 0 Å². The van der Waals surface area contributed by atoms with Gasteiger partial charge in [-0.25, -0.2) is 0 Å². The zero-order valence-electron chi connectivity index (χ0n) is 14.7. The standard InChI is InChI=1S/C20H20N2O3/c1-12-5-8-17(13(2)9-12)21-19(23)18-11-14-10-15(25-4)6-7-16(14)20(24)22(18)3/h5-11H,1-4H3,(H,21,23). The van der Waals surface area contributed by atoms with Crippen LogP contribution in [0.2, 0.25) is 0 Å². The van der Waals surface area contributed by atoms with Crippen molar-refractivity contribution in [3.8, 4) is 5.75 Å². The van der Waals surface area contributed by atoms with Crippen LogP contribution in [0.4, 0.5) is 5.69 Å². The highest BCUT2D eigenvalue weighted by Crippen LogP contribution is 2.21. The van der Waals surface area contributed by atoms with Crippen molar-refractivity contribution in [2.24, 2.45) is 7.05 Å². The first kappa shape index (κ1) is 16.8. The number of carbonyl (C=O) groups excluding carboxylic acids is 1. The quantitative estimate of drug-likeness (QED) is 0.797. The molecule has 0 saturated carbocycles. The van der Waals surface area contributed by atoms with Gasteiger partial charge < -0.3 is 14.6 Å². The average Bonchev–Trinajstić information content (AvgIpc) is 2.59. The summed E-state index contributed by atoms with van der Waals surface area (Å²) in [6.45, 7) is 3.94. The maximum atomic E-state index is 12.7. The Hall–Kier alpha value is -3.08. The van der Waals surface area contributed by atoms with Gasteiger partial charge in [0, 0.05) is 18.1 Å². The van der Waals surface area contributed by atoms with Gasteiger partial charge >= 0.3 is 0 Å². The Balaban J connectivity index is 2.06. The van der Waals surface area contributed by atoms with E-state index in [0.29, 0.717) is 22.2 Å². The maximum absolute atomic E-state index is 12.7. The van der Waals surface area contributed by atoms with Gasteiger partial charge in [0.15, 0.2) is 0 Å². The first-order valence-electron chi connectivity index (χ1n) is 7.97. The molecule has 0 aliphatic carbocycles. The Morgan fingerprint density at radius 3 is 2.52 bits per heavy atom. The summed E-state index contributed by atoms with van der Waals surface area (Å²) in [5.41, 5.74) is 2.91. The van der Waals surface area contributed by atoms with E-state index in [9.17, 15) is 9.59 Å². The van der Waals surface area contributed by atoms with E-state index in [-0.39, 0.29) is 11.5 Å². The van der Waals surface area contributed by atoms with Gasteiger partial charge in [0.2, 0.25) is 0 Å². The summed E-state index contributed by atoms with van der Waals surface area (Å²) in [4.78, 5) is 25.3. The number of anilines is 1. The van der Waals surface area contributed by atoms with Crippen molar-refractivity contribution in [2.75, 3.05) is 12.4 Å². The molecule has 0 aliphatic heterocycles. The molecule has 0 atom stereocenters. The maximum Gasteiger partial charge on any atom is 0.272 e. The summed E-state index contributed by atoms with van der Waals surface area (Å²) < 4.78 is 6.57. The zero-order chi connectivity index (χ0) is 18.1. The third kappa shape index (κ3) is 3.13. The molecule has 128 valence electrons. The lowest BCUT2D eigenvalue weighted by Crippen LogP contribution is -2.26. The fourth-order valence-electron chi connectivity index (χ4n) is 2.87. The third-order valence-electron chi connectivity index (χ3n) is 4.31. The smallest absolute Gasteiger partial charge is 0.272 e. The van der Waals surface area contributed by atoms with Gasteiger partial charge in [0.25, 0.3) is 11.5 Å². The van der Waals surface area contributed by atoms with Crippen LogP contribution in [0.25, 0.3) is 10.8 Å². The van der Waals surface area contributed by atoms with Gasteiger partial charge in [0.1, 0.15) is 11.4 Å². The SMILES string of the molecule is COc1ccc2c(=O)n(C)c(C(=O)Nc3ccc(C)cc3C)cc2c1. The molecule has 0 bridgehead atoms. The van der Waals surface area contributed by atoms with Gasteiger partial charge in [-0.15, -0.1) is 0 Å². The van der Waals surface area contributed by atoms with Crippen molar-refractivity contribution in [1.82, 2.24) is 4.57 Å². The van der Waals surface area contributed by atoms with E-state index in [1.165, 1.54) is 4.57 Å². The number of methoxy groups -OCH3 is 1. The summed E-state index contributed by atoms with van der Waals surface area (Å²) in [6.07, 6.45) is 0. The lowest BCUT2D eigenvalue weighted by Gasteiger charge is -2.13.